The Labute approximate surface area is 163 Å². The van der Waals surface area contributed by atoms with Crippen LogP contribution >= 0.6 is 12.4 Å². The second-order valence-corrected chi connectivity index (χ2v) is 9.08. The van der Waals surface area contributed by atoms with Crippen molar-refractivity contribution >= 4 is 18.2 Å². The van der Waals surface area contributed by atoms with E-state index in [4.69, 9.17) is 4.74 Å². The molecule has 1 aromatic carbocycles. The second-order valence-electron chi connectivity index (χ2n) is 9.08. The maximum Gasteiger partial charge on any atom is 0.174 e. The molecule has 1 saturated heterocycles. The molecule has 1 spiro atoms. The second kappa shape index (κ2) is 5.17. The Hall–Kier alpha value is -1.34. The van der Waals surface area contributed by atoms with Gasteiger partial charge in [0.2, 0.25) is 0 Å². The highest BCUT2D eigenvalue weighted by Crippen LogP contribution is 2.66. The first-order chi connectivity index (χ1) is 12.4. The van der Waals surface area contributed by atoms with Gasteiger partial charge in [-0.05, 0) is 30.9 Å². The molecule has 3 unspecified atom stereocenters. The first kappa shape index (κ1) is 17.7. The Morgan fingerprint density at radius 2 is 2.07 bits per heavy atom. The largest absolute Gasteiger partial charge is 0.632 e. The fraction of sp³-hybridized carbons (Fsp3) is 0.650. The standard InChI is InChI=1S/C20H23NO5.ClH/c22-13-4-3-12-9-15-20(24)6-5-14(23)18-19(20,16(12)17(13)26-18)7-8-21(15,25)10-11-1-2-11;/h3-4,11,15,18,22,24H,1-2,5-10H2;1H/t15-,18+,19?,20?,21?;/m1./s1. The van der Waals surface area contributed by atoms with Crippen LogP contribution in [-0.2, 0) is 16.6 Å². The molecule has 6 rings (SSSR count). The van der Waals surface area contributed by atoms with Gasteiger partial charge in [-0.2, -0.15) is 0 Å². The minimum Gasteiger partial charge on any atom is -0.632 e. The molecule has 146 valence electrons. The fourth-order valence-corrected chi connectivity index (χ4v) is 6.54. The van der Waals surface area contributed by atoms with Gasteiger partial charge in [-0.1, -0.05) is 6.07 Å². The predicted molar refractivity (Wildman–Crippen MR) is 98.8 cm³/mol. The first-order valence-corrected chi connectivity index (χ1v) is 9.74. The van der Waals surface area contributed by atoms with Crippen LogP contribution in [0.25, 0.3) is 0 Å². The van der Waals surface area contributed by atoms with Crippen molar-refractivity contribution in [3.63, 3.8) is 0 Å². The number of piperidine rings is 1. The third-order valence-corrected chi connectivity index (χ3v) is 7.85. The number of hydrogen-bond acceptors (Lipinski definition) is 5. The number of carbonyl (C=O) groups is 1. The number of nitrogens with zero attached hydrogens (tertiary/aromatic N) is 1. The van der Waals surface area contributed by atoms with Gasteiger partial charge in [0.25, 0.3) is 0 Å². The molecular weight excluding hydrogens is 370 g/mol. The molecule has 6 nitrogen and oxygen atoms in total. The van der Waals surface area contributed by atoms with Crippen molar-refractivity contribution in [2.24, 2.45) is 5.92 Å². The Balaban J connectivity index is 0.00000160. The molecule has 5 atom stereocenters. The van der Waals surface area contributed by atoms with E-state index >= 15 is 0 Å². The van der Waals surface area contributed by atoms with Gasteiger partial charge in [0.15, 0.2) is 23.4 Å². The van der Waals surface area contributed by atoms with Crippen LogP contribution in [0.2, 0.25) is 0 Å². The van der Waals surface area contributed by atoms with Gasteiger partial charge >= 0.3 is 0 Å². The highest BCUT2D eigenvalue weighted by atomic mass is 35.5. The molecule has 2 aliphatic heterocycles. The van der Waals surface area contributed by atoms with E-state index in [-0.39, 0.29) is 35.0 Å². The number of ether oxygens (including phenoxy) is 1. The molecule has 2 N–H and O–H groups in total. The number of hydrogen-bond donors (Lipinski definition) is 2. The average molecular weight is 394 g/mol. The number of benzene rings is 1. The number of halogens is 1. The summed E-state index contributed by atoms with van der Waals surface area (Å²) < 4.78 is 5.63. The Morgan fingerprint density at radius 3 is 2.81 bits per heavy atom. The van der Waals surface area contributed by atoms with Crippen molar-refractivity contribution in [3.8, 4) is 11.5 Å². The Morgan fingerprint density at radius 1 is 1.30 bits per heavy atom. The summed E-state index contributed by atoms with van der Waals surface area (Å²) in [5, 5.41) is 36.1. The number of aromatic hydroxyl groups is 1. The van der Waals surface area contributed by atoms with Crippen molar-refractivity contribution < 1.29 is 24.4 Å². The van der Waals surface area contributed by atoms with Crippen LogP contribution in [0.5, 0.6) is 11.5 Å². The summed E-state index contributed by atoms with van der Waals surface area (Å²) in [4.78, 5) is 12.7. The number of phenols is 1. The molecule has 2 heterocycles. The number of likely N-dealkylation sites (tertiary alicyclic amines) is 1. The van der Waals surface area contributed by atoms with Crippen LogP contribution in [0.3, 0.4) is 0 Å². The van der Waals surface area contributed by atoms with E-state index in [1.165, 1.54) is 0 Å². The van der Waals surface area contributed by atoms with Crippen molar-refractivity contribution in [2.45, 2.75) is 61.7 Å². The van der Waals surface area contributed by atoms with Crippen molar-refractivity contribution in [2.75, 3.05) is 13.1 Å². The maximum atomic E-state index is 13.9. The summed E-state index contributed by atoms with van der Waals surface area (Å²) in [6.07, 6.45) is 2.91. The molecule has 3 aliphatic carbocycles. The number of Topliss-reactive ketones (excluding diaryl/α,β-unsaturated/α-hetero) is 1. The van der Waals surface area contributed by atoms with Crippen LogP contribution in [0, 0.1) is 11.1 Å². The molecule has 27 heavy (non-hydrogen) atoms. The minimum atomic E-state index is -1.24. The summed E-state index contributed by atoms with van der Waals surface area (Å²) in [7, 11) is 0. The number of rotatable bonds is 2. The third-order valence-electron chi connectivity index (χ3n) is 7.85. The molecule has 0 amide bonds. The van der Waals surface area contributed by atoms with E-state index in [0.717, 1.165) is 24.0 Å². The molecule has 2 saturated carbocycles. The number of carbonyl (C=O) groups excluding carboxylic acids is 1. The fourth-order valence-electron chi connectivity index (χ4n) is 6.54. The number of quaternary nitrogens is 1. The first-order valence-electron chi connectivity index (χ1n) is 9.74. The lowest BCUT2D eigenvalue weighted by molar-refractivity contribution is -0.923. The Kier molecular flexibility index (Phi) is 3.40. The lowest BCUT2D eigenvalue weighted by Gasteiger charge is -2.67. The summed E-state index contributed by atoms with van der Waals surface area (Å²) in [6.45, 7) is 0.980. The SMILES string of the molecule is Cl.O=C1CCC2(O)[C@H]3Cc4ccc(O)c5c4C2(CC[N+]3([O-])CC2CC2)[C@H]1O5. The monoisotopic (exact) mass is 393 g/mol. The zero-order valence-corrected chi connectivity index (χ0v) is 15.8. The molecule has 3 fully saturated rings. The average Bonchev–Trinajstić information content (AvgIpc) is 3.32. The number of ketones is 1. The number of aliphatic hydroxyl groups is 1. The molecule has 1 aromatic rings. The van der Waals surface area contributed by atoms with E-state index in [1.54, 1.807) is 6.07 Å². The normalized spacial score (nSPS) is 43.6. The van der Waals surface area contributed by atoms with Gasteiger partial charge in [-0.25, -0.2) is 0 Å². The molecule has 5 aliphatic rings. The van der Waals surface area contributed by atoms with Crippen molar-refractivity contribution in [3.05, 3.63) is 28.5 Å². The van der Waals surface area contributed by atoms with Gasteiger partial charge in [0, 0.05) is 30.7 Å². The zero-order chi connectivity index (χ0) is 17.9. The molecule has 2 bridgehead atoms. The van der Waals surface area contributed by atoms with E-state index in [1.807, 2.05) is 6.07 Å². The third kappa shape index (κ3) is 1.90. The maximum absolute atomic E-state index is 13.9. The smallest absolute Gasteiger partial charge is 0.174 e. The van der Waals surface area contributed by atoms with Crippen LogP contribution < -0.4 is 4.74 Å². The van der Waals surface area contributed by atoms with Crippen LogP contribution in [0.15, 0.2) is 12.1 Å². The predicted octanol–water partition coefficient (Wildman–Crippen LogP) is 1.96. The summed E-state index contributed by atoms with van der Waals surface area (Å²) in [6, 6.07) is 2.98. The number of phenolic OH excluding ortho intramolecular Hbond substituents is 1. The van der Waals surface area contributed by atoms with E-state index in [9.17, 15) is 20.2 Å². The van der Waals surface area contributed by atoms with Gasteiger partial charge < -0.3 is 24.8 Å². The lowest BCUT2D eigenvalue weighted by atomic mass is 9.49. The number of hydroxylamine groups is 3. The zero-order valence-electron chi connectivity index (χ0n) is 15.0. The van der Waals surface area contributed by atoms with Crippen LogP contribution in [0.4, 0.5) is 0 Å². The van der Waals surface area contributed by atoms with Crippen LogP contribution in [0.1, 0.15) is 43.2 Å². The van der Waals surface area contributed by atoms with E-state index in [2.05, 4.69) is 0 Å². The van der Waals surface area contributed by atoms with Gasteiger partial charge in [-0.3, -0.25) is 4.79 Å². The summed E-state index contributed by atoms with van der Waals surface area (Å²) >= 11 is 0. The van der Waals surface area contributed by atoms with Crippen molar-refractivity contribution in [1.29, 1.82) is 0 Å². The van der Waals surface area contributed by atoms with Gasteiger partial charge in [-0.15, -0.1) is 12.4 Å². The summed E-state index contributed by atoms with van der Waals surface area (Å²) in [5.74, 6) is 0.827. The highest BCUT2D eigenvalue weighted by molar-refractivity contribution is 5.90. The Bertz CT molecular complexity index is 857. The summed E-state index contributed by atoms with van der Waals surface area (Å²) in [5.41, 5.74) is -0.359. The quantitative estimate of drug-likeness (QED) is 0.592. The van der Waals surface area contributed by atoms with Gasteiger partial charge in [0.05, 0.1) is 18.5 Å². The minimum absolute atomic E-state index is 0. The molecular formula is C20H24ClNO5. The molecule has 0 aromatic heterocycles. The molecule has 0 radical (unpaired) electrons. The lowest BCUT2D eigenvalue weighted by Crippen LogP contribution is -2.80. The van der Waals surface area contributed by atoms with Crippen molar-refractivity contribution in [1.82, 2.24) is 0 Å². The van der Waals surface area contributed by atoms with E-state index in [0.29, 0.717) is 44.0 Å². The highest BCUT2D eigenvalue weighted by Gasteiger charge is 2.76. The van der Waals surface area contributed by atoms with Crippen LogP contribution in [-0.4, -0.2) is 51.5 Å². The topological polar surface area (TPSA) is 89.8 Å². The van der Waals surface area contributed by atoms with Gasteiger partial charge in [0.1, 0.15) is 11.6 Å². The van der Waals surface area contributed by atoms with E-state index < -0.39 is 23.2 Å². The molecule has 7 heteroatoms.